The molecule has 1 unspecified atom stereocenters. The number of nitrogens with one attached hydrogen (secondary N) is 1. The third-order valence-corrected chi connectivity index (χ3v) is 11.4. The standard InChI is InChI=1S/C38H30F4N6O3S/c1-17-46-47-37(51-17)27-23(12-7-18-5-8-20(39)9-6-18)44-33-24-4-3-15-48(24)38(49)29(33)28(27)25-16-19-13-14-43-36(35(19)52-25)45-32-21-10-11-22(40)34(50-2)26(21)30(41)31(32)42/h5-6,8-11,13-14,16,24,30-32H,3-4,7,12,15H2,1-2H3,(H,43,45)/t24?,30-,31-,32+/m1/s1. The number of fused-ring (bicyclic) bond motifs is 5. The average molecular weight is 727 g/mol. The van der Waals surface area contributed by atoms with Crippen LogP contribution in [0.3, 0.4) is 0 Å². The second kappa shape index (κ2) is 12.4. The zero-order chi connectivity index (χ0) is 35.8. The Balaban J connectivity index is 1.20. The van der Waals surface area contributed by atoms with E-state index in [1.807, 2.05) is 11.0 Å². The minimum absolute atomic E-state index is 0.130. The molecule has 14 heteroatoms. The Kier molecular flexibility index (Phi) is 7.75. The number of thiophene rings is 1. The fourth-order valence-electron chi connectivity index (χ4n) is 7.87. The van der Waals surface area contributed by atoms with E-state index in [1.54, 1.807) is 31.3 Å². The molecular formula is C38H30F4N6O3S. The molecule has 2 aromatic carbocycles. The molecule has 6 heterocycles. The number of benzene rings is 2. The lowest BCUT2D eigenvalue weighted by atomic mass is 9.93. The number of halogens is 4. The Morgan fingerprint density at radius 3 is 2.63 bits per heavy atom. The molecule has 4 atom stereocenters. The summed E-state index contributed by atoms with van der Waals surface area (Å²) in [6.07, 6.45) is 0.0502. The number of aryl methyl sites for hydroxylation is 3. The first-order valence-electron chi connectivity index (χ1n) is 16.9. The second-order valence-corrected chi connectivity index (χ2v) is 14.3. The fraction of sp³-hybridized carbons (Fsp3) is 0.289. The van der Waals surface area contributed by atoms with E-state index in [0.29, 0.717) is 68.8 Å². The summed E-state index contributed by atoms with van der Waals surface area (Å²) in [6.45, 7) is 2.30. The summed E-state index contributed by atoms with van der Waals surface area (Å²) in [7, 11) is 1.22. The molecule has 1 amide bonds. The Hall–Kier alpha value is -5.37. The van der Waals surface area contributed by atoms with Crippen LogP contribution in [-0.2, 0) is 12.8 Å². The fourth-order valence-corrected chi connectivity index (χ4v) is 9.03. The van der Waals surface area contributed by atoms with E-state index >= 15 is 8.78 Å². The number of anilines is 1. The maximum absolute atomic E-state index is 15.7. The Labute approximate surface area is 298 Å². The van der Waals surface area contributed by atoms with Crippen LogP contribution in [0.4, 0.5) is 23.4 Å². The lowest BCUT2D eigenvalue weighted by molar-refractivity contribution is 0.0776. The highest BCUT2D eigenvalue weighted by Crippen LogP contribution is 2.52. The Bertz CT molecular complexity index is 2400. The van der Waals surface area contributed by atoms with Crippen LogP contribution in [0.2, 0.25) is 0 Å². The van der Waals surface area contributed by atoms with Gasteiger partial charge in [0.2, 0.25) is 11.8 Å². The smallest absolute Gasteiger partial charge is 0.257 e. The van der Waals surface area contributed by atoms with Gasteiger partial charge in [0.05, 0.1) is 46.4 Å². The van der Waals surface area contributed by atoms with E-state index < -0.39 is 24.2 Å². The van der Waals surface area contributed by atoms with Crippen molar-refractivity contribution in [2.75, 3.05) is 19.0 Å². The van der Waals surface area contributed by atoms with Gasteiger partial charge in [-0.2, -0.15) is 0 Å². The number of methoxy groups -OCH3 is 1. The van der Waals surface area contributed by atoms with Crippen molar-refractivity contribution in [3.8, 4) is 27.6 Å². The number of rotatable bonds is 8. The van der Waals surface area contributed by atoms with Crippen LogP contribution in [-0.4, -0.2) is 50.8 Å². The first-order valence-corrected chi connectivity index (χ1v) is 17.8. The van der Waals surface area contributed by atoms with Crippen LogP contribution in [0, 0.1) is 18.6 Å². The van der Waals surface area contributed by atoms with E-state index in [1.165, 1.54) is 36.6 Å². The molecule has 0 saturated carbocycles. The number of ether oxygens (including phenoxy) is 1. The predicted molar refractivity (Wildman–Crippen MR) is 186 cm³/mol. The molecule has 2 aliphatic heterocycles. The minimum atomic E-state index is -2.11. The number of aromatic nitrogens is 4. The maximum atomic E-state index is 15.7. The molecular weight excluding hydrogens is 697 g/mol. The number of amides is 1. The highest BCUT2D eigenvalue weighted by Gasteiger charge is 2.46. The van der Waals surface area contributed by atoms with Crippen molar-refractivity contribution in [2.45, 2.75) is 57.0 Å². The molecule has 4 aromatic heterocycles. The van der Waals surface area contributed by atoms with Crippen molar-refractivity contribution >= 4 is 33.1 Å². The van der Waals surface area contributed by atoms with Gasteiger partial charge in [0.15, 0.2) is 23.9 Å². The number of nitrogens with zero attached hydrogens (tertiary/aromatic N) is 5. The topological polar surface area (TPSA) is 106 Å². The van der Waals surface area contributed by atoms with Gasteiger partial charge >= 0.3 is 0 Å². The van der Waals surface area contributed by atoms with Crippen molar-refractivity contribution in [3.63, 3.8) is 0 Å². The molecule has 1 saturated heterocycles. The van der Waals surface area contributed by atoms with E-state index in [-0.39, 0.29) is 40.5 Å². The SMILES string of the molecule is COc1c(F)ccc2c1[C@@H](F)[C@@H](F)[C@H]2Nc1nccc2cc(-c3c4c(nc(CCc5ccc(F)cc5)c3-c3nnc(C)o3)C3CCCN3C4=O)sc12. The Morgan fingerprint density at radius 1 is 1.04 bits per heavy atom. The summed E-state index contributed by atoms with van der Waals surface area (Å²) in [5.74, 6) is -0.701. The third-order valence-electron chi connectivity index (χ3n) is 10.2. The molecule has 0 bridgehead atoms. The van der Waals surface area contributed by atoms with E-state index in [2.05, 4.69) is 20.5 Å². The lowest BCUT2D eigenvalue weighted by Gasteiger charge is -2.18. The summed E-state index contributed by atoms with van der Waals surface area (Å²) >= 11 is 1.33. The predicted octanol–water partition coefficient (Wildman–Crippen LogP) is 8.59. The summed E-state index contributed by atoms with van der Waals surface area (Å²) in [5, 5.41) is 12.3. The van der Waals surface area contributed by atoms with Crippen LogP contribution >= 0.6 is 11.3 Å². The quantitative estimate of drug-likeness (QED) is 0.156. The number of pyridine rings is 2. The first kappa shape index (κ1) is 32.5. The molecule has 0 radical (unpaired) electrons. The van der Waals surface area contributed by atoms with Crippen molar-refractivity contribution < 1.29 is 31.5 Å². The number of carbonyl (C=O) groups excluding carboxylic acids is 1. The largest absolute Gasteiger partial charge is 0.493 e. The minimum Gasteiger partial charge on any atom is -0.493 e. The molecule has 3 aliphatic rings. The summed E-state index contributed by atoms with van der Waals surface area (Å²) in [4.78, 5) is 26.4. The van der Waals surface area contributed by atoms with Crippen molar-refractivity contribution in [1.29, 1.82) is 0 Å². The van der Waals surface area contributed by atoms with Gasteiger partial charge in [0.25, 0.3) is 5.91 Å². The van der Waals surface area contributed by atoms with E-state index in [4.69, 9.17) is 14.1 Å². The molecule has 52 heavy (non-hydrogen) atoms. The third kappa shape index (κ3) is 5.06. The van der Waals surface area contributed by atoms with Crippen molar-refractivity contribution in [3.05, 3.63) is 106 Å². The van der Waals surface area contributed by atoms with Gasteiger partial charge in [-0.1, -0.05) is 18.2 Å². The number of carbonyl (C=O) groups is 1. The zero-order valence-electron chi connectivity index (χ0n) is 27.9. The Morgan fingerprint density at radius 2 is 1.87 bits per heavy atom. The molecule has 6 aromatic rings. The zero-order valence-corrected chi connectivity index (χ0v) is 28.7. The van der Waals surface area contributed by atoms with Crippen LogP contribution in [0.15, 0.2) is 59.1 Å². The molecule has 0 spiro atoms. The van der Waals surface area contributed by atoms with Gasteiger partial charge in [-0.05, 0) is 72.5 Å². The summed E-state index contributed by atoms with van der Waals surface area (Å²) < 4.78 is 71.0. The number of hydrogen-bond donors (Lipinski definition) is 1. The van der Waals surface area contributed by atoms with Crippen LogP contribution < -0.4 is 10.1 Å². The molecule has 1 N–H and O–H groups in total. The monoisotopic (exact) mass is 726 g/mol. The van der Waals surface area contributed by atoms with Crippen molar-refractivity contribution in [2.24, 2.45) is 0 Å². The highest BCUT2D eigenvalue weighted by atomic mass is 32.1. The van der Waals surface area contributed by atoms with Gasteiger partial charge < -0.3 is 19.4 Å². The van der Waals surface area contributed by atoms with E-state index in [9.17, 15) is 13.6 Å². The second-order valence-electron chi connectivity index (χ2n) is 13.2. The number of hydrogen-bond acceptors (Lipinski definition) is 9. The summed E-state index contributed by atoms with van der Waals surface area (Å²) in [5.41, 5.74) is 3.96. The van der Waals surface area contributed by atoms with Gasteiger partial charge in [0.1, 0.15) is 11.6 Å². The lowest BCUT2D eigenvalue weighted by Crippen LogP contribution is -2.22. The number of alkyl halides is 2. The van der Waals surface area contributed by atoms with Gasteiger partial charge in [0, 0.05) is 35.7 Å². The first-order chi connectivity index (χ1) is 25.2. The normalized spacial score (nSPS) is 20.4. The van der Waals surface area contributed by atoms with Gasteiger partial charge in [-0.3, -0.25) is 9.78 Å². The maximum Gasteiger partial charge on any atom is 0.257 e. The average Bonchev–Trinajstić information content (AvgIpc) is 3.97. The van der Waals surface area contributed by atoms with Crippen LogP contribution in [0.25, 0.3) is 32.0 Å². The molecule has 9 nitrogen and oxygen atoms in total. The molecule has 264 valence electrons. The van der Waals surface area contributed by atoms with Gasteiger partial charge in [-0.15, -0.1) is 21.5 Å². The van der Waals surface area contributed by atoms with E-state index in [0.717, 1.165) is 29.9 Å². The molecule has 9 rings (SSSR count). The summed E-state index contributed by atoms with van der Waals surface area (Å²) in [6, 6.07) is 11.2. The highest BCUT2D eigenvalue weighted by molar-refractivity contribution is 7.23. The van der Waals surface area contributed by atoms with Crippen LogP contribution in [0.5, 0.6) is 5.75 Å². The van der Waals surface area contributed by atoms with Crippen molar-refractivity contribution in [1.82, 2.24) is 25.1 Å². The van der Waals surface area contributed by atoms with Gasteiger partial charge in [-0.25, -0.2) is 22.5 Å². The van der Waals surface area contributed by atoms with Crippen LogP contribution in [0.1, 0.15) is 75.4 Å². The molecule has 1 aliphatic carbocycles. The molecule has 1 fully saturated rings.